The third kappa shape index (κ3) is 5.22. The standard InChI is InChI=1S/C25H31N5O4S2/c1-8-36(32,33)29-18-11-9-17(10-12-18)22-21-14(2)15(3)35-24(21)30-16(4)27-28-23(30)19(26-22)13-20(31)34-25(5,6)7/h9-12,19,29H,8,13H2,1-7H3/t19-/m0/s1. The van der Waals surface area contributed by atoms with E-state index >= 15 is 0 Å². The molecule has 0 amide bonds. The average molecular weight is 530 g/mol. The molecule has 0 aliphatic carbocycles. The average Bonchev–Trinajstić information content (AvgIpc) is 3.25. The zero-order valence-corrected chi connectivity index (χ0v) is 23.2. The fourth-order valence-corrected chi connectivity index (χ4v) is 5.87. The van der Waals surface area contributed by atoms with Gasteiger partial charge >= 0.3 is 5.97 Å². The van der Waals surface area contributed by atoms with Crippen LogP contribution in [-0.2, 0) is 19.6 Å². The molecule has 9 nitrogen and oxygen atoms in total. The molecule has 0 saturated carbocycles. The van der Waals surface area contributed by atoms with E-state index in [1.807, 2.05) is 44.4 Å². The first kappa shape index (κ1) is 26.0. The van der Waals surface area contributed by atoms with Gasteiger partial charge in [-0.3, -0.25) is 19.1 Å². The van der Waals surface area contributed by atoms with Crippen LogP contribution in [0, 0.1) is 20.8 Å². The molecule has 0 saturated heterocycles. The van der Waals surface area contributed by atoms with Gasteiger partial charge in [0.1, 0.15) is 22.5 Å². The predicted octanol–water partition coefficient (Wildman–Crippen LogP) is 4.64. The number of aromatic nitrogens is 3. The van der Waals surface area contributed by atoms with Gasteiger partial charge in [-0.25, -0.2) is 8.42 Å². The van der Waals surface area contributed by atoms with E-state index in [0.29, 0.717) is 17.3 Å². The number of aryl methyl sites for hydroxylation is 2. The molecule has 4 rings (SSSR count). The lowest BCUT2D eigenvalue weighted by Crippen LogP contribution is -2.25. The monoisotopic (exact) mass is 529 g/mol. The number of rotatable bonds is 6. The second-order valence-electron chi connectivity index (χ2n) is 9.77. The first-order valence-corrected chi connectivity index (χ1v) is 14.2. The number of fused-ring (bicyclic) bond motifs is 3. The molecule has 36 heavy (non-hydrogen) atoms. The number of hydrogen-bond donors (Lipinski definition) is 1. The van der Waals surface area contributed by atoms with Crippen LogP contribution < -0.4 is 4.72 Å². The number of nitrogens with zero attached hydrogens (tertiary/aromatic N) is 4. The van der Waals surface area contributed by atoms with Crippen LogP contribution in [-0.4, -0.2) is 46.2 Å². The summed E-state index contributed by atoms with van der Waals surface area (Å²) in [6.07, 6.45) is 0.0141. The van der Waals surface area contributed by atoms with Crippen LogP contribution >= 0.6 is 11.3 Å². The summed E-state index contributed by atoms with van der Waals surface area (Å²) in [4.78, 5) is 19.0. The first-order chi connectivity index (χ1) is 16.8. The predicted molar refractivity (Wildman–Crippen MR) is 142 cm³/mol. The van der Waals surface area contributed by atoms with Gasteiger partial charge in [0.05, 0.1) is 17.9 Å². The molecule has 3 aromatic rings. The summed E-state index contributed by atoms with van der Waals surface area (Å²) in [6.45, 7) is 13.1. The maximum atomic E-state index is 12.8. The molecule has 192 valence electrons. The van der Waals surface area contributed by atoms with Crippen molar-refractivity contribution in [1.29, 1.82) is 0 Å². The first-order valence-electron chi connectivity index (χ1n) is 11.7. The molecule has 0 bridgehead atoms. The van der Waals surface area contributed by atoms with E-state index in [-0.39, 0.29) is 18.1 Å². The van der Waals surface area contributed by atoms with E-state index in [0.717, 1.165) is 32.3 Å². The highest BCUT2D eigenvalue weighted by Crippen LogP contribution is 2.39. The third-order valence-corrected chi connectivity index (χ3v) is 8.33. The minimum absolute atomic E-state index is 0.0105. The van der Waals surface area contributed by atoms with Crippen molar-refractivity contribution in [2.45, 2.75) is 66.5 Å². The normalized spacial score (nSPS) is 15.5. The number of carbonyl (C=O) groups excluding carboxylic acids is 1. The fourth-order valence-electron chi connectivity index (χ4n) is 4.01. The van der Waals surface area contributed by atoms with Gasteiger partial charge in [-0.2, -0.15) is 0 Å². The van der Waals surface area contributed by atoms with Gasteiger partial charge in [0, 0.05) is 21.7 Å². The molecule has 11 heteroatoms. The Morgan fingerprint density at radius 2 is 1.81 bits per heavy atom. The lowest BCUT2D eigenvalue weighted by molar-refractivity contribution is -0.155. The number of anilines is 1. The molecule has 1 N–H and O–H groups in total. The molecule has 2 aromatic heterocycles. The van der Waals surface area contributed by atoms with Crippen LogP contribution in [0.3, 0.4) is 0 Å². The summed E-state index contributed by atoms with van der Waals surface area (Å²) in [5.41, 5.74) is 3.42. The molecule has 1 atom stereocenters. The molecule has 0 unspecified atom stereocenters. The Morgan fingerprint density at radius 1 is 1.14 bits per heavy atom. The molecule has 1 aromatic carbocycles. The van der Waals surface area contributed by atoms with E-state index in [4.69, 9.17) is 9.73 Å². The van der Waals surface area contributed by atoms with Crippen LogP contribution in [0.4, 0.5) is 5.69 Å². The molecular weight excluding hydrogens is 498 g/mol. The van der Waals surface area contributed by atoms with Crippen molar-refractivity contribution in [3.05, 3.63) is 57.5 Å². The van der Waals surface area contributed by atoms with Crippen molar-refractivity contribution < 1.29 is 17.9 Å². The molecule has 0 spiro atoms. The van der Waals surface area contributed by atoms with Gasteiger partial charge < -0.3 is 4.74 Å². The zero-order chi connectivity index (χ0) is 26.4. The lowest BCUT2D eigenvalue weighted by atomic mass is 9.99. The molecule has 3 heterocycles. The van der Waals surface area contributed by atoms with Gasteiger partial charge in [-0.1, -0.05) is 12.1 Å². The Balaban J connectivity index is 1.85. The zero-order valence-electron chi connectivity index (χ0n) is 21.5. The van der Waals surface area contributed by atoms with Gasteiger partial charge in [0.15, 0.2) is 5.82 Å². The Kier molecular flexibility index (Phi) is 6.82. The van der Waals surface area contributed by atoms with Gasteiger partial charge in [-0.15, -0.1) is 21.5 Å². The summed E-state index contributed by atoms with van der Waals surface area (Å²) in [7, 11) is -3.39. The SMILES string of the molecule is CCS(=O)(=O)Nc1ccc(C2=N[C@@H](CC(=O)OC(C)(C)C)c3nnc(C)n3-c3sc(C)c(C)c32)cc1. The van der Waals surface area contributed by atoms with Crippen LogP contribution in [0.1, 0.15) is 73.4 Å². The van der Waals surface area contributed by atoms with Gasteiger partial charge in [0.25, 0.3) is 0 Å². The number of benzene rings is 1. The van der Waals surface area contributed by atoms with Gasteiger partial charge in [-0.05, 0) is 66.2 Å². The fraction of sp³-hybridized carbons (Fsp3) is 0.440. The van der Waals surface area contributed by atoms with Crippen molar-refractivity contribution in [2.75, 3.05) is 10.5 Å². The lowest BCUT2D eigenvalue weighted by Gasteiger charge is -2.21. The minimum Gasteiger partial charge on any atom is -0.460 e. The summed E-state index contributed by atoms with van der Waals surface area (Å²) < 4.78 is 34.1. The van der Waals surface area contributed by atoms with Crippen molar-refractivity contribution >= 4 is 38.7 Å². The third-order valence-electron chi connectivity index (χ3n) is 5.83. The highest BCUT2D eigenvalue weighted by Gasteiger charge is 2.33. The minimum atomic E-state index is -3.39. The van der Waals surface area contributed by atoms with Crippen molar-refractivity contribution in [3.63, 3.8) is 0 Å². The van der Waals surface area contributed by atoms with E-state index in [1.54, 1.807) is 30.4 Å². The van der Waals surface area contributed by atoms with Gasteiger partial charge in [0.2, 0.25) is 10.0 Å². The Morgan fingerprint density at radius 3 is 2.42 bits per heavy atom. The molecule has 1 aliphatic heterocycles. The molecule has 1 aliphatic rings. The number of esters is 1. The second-order valence-corrected chi connectivity index (χ2v) is 13.0. The highest BCUT2D eigenvalue weighted by atomic mass is 32.2. The van der Waals surface area contributed by atoms with Crippen LogP contribution in [0.15, 0.2) is 29.3 Å². The Bertz CT molecular complexity index is 1440. The summed E-state index contributed by atoms with van der Waals surface area (Å²) in [6, 6.07) is 6.52. The summed E-state index contributed by atoms with van der Waals surface area (Å²) >= 11 is 1.63. The number of aliphatic imine (C=N–C) groups is 1. The van der Waals surface area contributed by atoms with Crippen molar-refractivity contribution in [3.8, 4) is 5.00 Å². The van der Waals surface area contributed by atoms with E-state index in [9.17, 15) is 13.2 Å². The largest absolute Gasteiger partial charge is 0.460 e. The number of ether oxygens (including phenoxy) is 1. The number of carbonyl (C=O) groups is 1. The second kappa shape index (κ2) is 9.44. The maximum Gasteiger partial charge on any atom is 0.308 e. The quantitative estimate of drug-likeness (QED) is 0.465. The Labute approximate surface area is 215 Å². The van der Waals surface area contributed by atoms with E-state index < -0.39 is 21.7 Å². The van der Waals surface area contributed by atoms with Crippen molar-refractivity contribution in [2.24, 2.45) is 4.99 Å². The Hall–Kier alpha value is -3.05. The van der Waals surface area contributed by atoms with Crippen LogP contribution in [0.2, 0.25) is 0 Å². The smallest absolute Gasteiger partial charge is 0.308 e. The molecular formula is C25H31N5O4S2. The number of nitrogens with one attached hydrogen (secondary N) is 1. The summed E-state index contributed by atoms with van der Waals surface area (Å²) in [5.74, 6) is 0.916. The summed E-state index contributed by atoms with van der Waals surface area (Å²) in [5, 5.41) is 9.65. The molecule has 0 radical (unpaired) electrons. The van der Waals surface area contributed by atoms with E-state index in [1.165, 1.54) is 0 Å². The van der Waals surface area contributed by atoms with Crippen molar-refractivity contribution in [1.82, 2.24) is 14.8 Å². The number of thiophene rings is 1. The topological polar surface area (TPSA) is 116 Å². The highest BCUT2D eigenvalue weighted by molar-refractivity contribution is 7.92. The van der Waals surface area contributed by atoms with Crippen LogP contribution in [0.5, 0.6) is 0 Å². The van der Waals surface area contributed by atoms with Crippen LogP contribution in [0.25, 0.3) is 5.00 Å². The number of sulfonamides is 1. The number of hydrogen-bond acceptors (Lipinski definition) is 8. The molecule has 0 fully saturated rings. The maximum absolute atomic E-state index is 12.8. The van der Waals surface area contributed by atoms with E-state index in [2.05, 4.69) is 28.8 Å².